The van der Waals surface area contributed by atoms with Crippen LogP contribution in [0.2, 0.25) is 0 Å². The zero-order valence-corrected chi connectivity index (χ0v) is 17.0. The fourth-order valence-electron chi connectivity index (χ4n) is 2.75. The van der Waals surface area contributed by atoms with E-state index in [-0.39, 0.29) is 6.10 Å². The number of hydrogen-bond donors (Lipinski definition) is 2. The van der Waals surface area contributed by atoms with Crippen LogP contribution in [0.25, 0.3) is 0 Å². The Kier molecular flexibility index (Phi) is 9.39. The first kappa shape index (κ1) is 20.9. The summed E-state index contributed by atoms with van der Waals surface area (Å²) in [7, 11) is 0. The zero-order chi connectivity index (χ0) is 19.3. The molecule has 2 aromatic carbocycles. The summed E-state index contributed by atoms with van der Waals surface area (Å²) in [4.78, 5) is 0. The molecule has 4 heteroatoms. The first-order chi connectivity index (χ1) is 13.2. The molecule has 148 valence electrons. The lowest BCUT2D eigenvalue weighted by Crippen LogP contribution is -2.13. The van der Waals surface area contributed by atoms with Gasteiger partial charge in [0.1, 0.15) is 11.5 Å². The third-order valence-corrected chi connectivity index (χ3v) is 4.11. The quantitative estimate of drug-likeness (QED) is 0.427. The first-order valence-corrected chi connectivity index (χ1v) is 10.1. The van der Waals surface area contributed by atoms with Crippen molar-refractivity contribution in [2.24, 2.45) is 0 Å². The third kappa shape index (κ3) is 8.72. The standard InChI is InChI=1S/C23H34N2O2/c1-4-5-6-7-17-26-23-10-8-9-21(18-23)25-16-15-24-20-11-13-22(14-12-20)27-19(2)3/h8-14,18-19,24-25H,4-7,15-17H2,1-3H3. The molecule has 0 heterocycles. The Balaban J connectivity index is 1.67. The van der Waals surface area contributed by atoms with Gasteiger partial charge in [-0.1, -0.05) is 32.3 Å². The molecular weight excluding hydrogens is 336 g/mol. The van der Waals surface area contributed by atoms with Gasteiger partial charge >= 0.3 is 0 Å². The summed E-state index contributed by atoms with van der Waals surface area (Å²) in [6, 6.07) is 16.3. The second-order valence-electron chi connectivity index (χ2n) is 6.98. The monoisotopic (exact) mass is 370 g/mol. The summed E-state index contributed by atoms with van der Waals surface area (Å²) < 4.78 is 11.5. The van der Waals surface area contributed by atoms with Crippen molar-refractivity contribution >= 4 is 11.4 Å². The minimum absolute atomic E-state index is 0.198. The summed E-state index contributed by atoms with van der Waals surface area (Å²) in [5.41, 5.74) is 2.18. The molecule has 0 spiro atoms. The molecule has 0 aromatic heterocycles. The van der Waals surface area contributed by atoms with Crippen molar-refractivity contribution in [3.63, 3.8) is 0 Å². The summed E-state index contributed by atoms with van der Waals surface area (Å²) >= 11 is 0. The summed E-state index contributed by atoms with van der Waals surface area (Å²) in [5.74, 6) is 1.84. The second kappa shape index (κ2) is 12.1. The number of hydrogen-bond acceptors (Lipinski definition) is 4. The van der Waals surface area contributed by atoms with Crippen molar-refractivity contribution in [1.82, 2.24) is 0 Å². The van der Waals surface area contributed by atoms with Gasteiger partial charge in [0.15, 0.2) is 0 Å². The smallest absolute Gasteiger partial charge is 0.121 e. The Bertz CT molecular complexity index is 641. The van der Waals surface area contributed by atoms with Crippen molar-refractivity contribution < 1.29 is 9.47 Å². The molecule has 0 aliphatic carbocycles. The van der Waals surface area contributed by atoms with Gasteiger partial charge in [0.05, 0.1) is 12.7 Å². The van der Waals surface area contributed by atoms with Gasteiger partial charge in [0.25, 0.3) is 0 Å². The van der Waals surface area contributed by atoms with E-state index in [0.29, 0.717) is 0 Å². The van der Waals surface area contributed by atoms with Crippen LogP contribution in [0.4, 0.5) is 11.4 Å². The van der Waals surface area contributed by atoms with Crippen LogP contribution in [0.1, 0.15) is 46.5 Å². The lowest BCUT2D eigenvalue weighted by atomic mass is 10.2. The van der Waals surface area contributed by atoms with Crippen molar-refractivity contribution in [1.29, 1.82) is 0 Å². The van der Waals surface area contributed by atoms with Crippen LogP contribution in [0.15, 0.2) is 48.5 Å². The average molecular weight is 371 g/mol. The Morgan fingerprint density at radius 3 is 2.26 bits per heavy atom. The van der Waals surface area contributed by atoms with Gasteiger partial charge < -0.3 is 20.1 Å². The fourth-order valence-corrected chi connectivity index (χ4v) is 2.75. The Morgan fingerprint density at radius 1 is 0.815 bits per heavy atom. The predicted molar refractivity (Wildman–Crippen MR) is 115 cm³/mol. The number of rotatable bonds is 13. The first-order valence-electron chi connectivity index (χ1n) is 10.1. The molecule has 0 atom stereocenters. The highest BCUT2D eigenvalue weighted by Crippen LogP contribution is 2.18. The van der Waals surface area contributed by atoms with Gasteiger partial charge in [-0.25, -0.2) is 0 Å². The van der Waals surface area contributed by atoms with Crippen LogP contribution >= 0.6 is 0 Å². The van der Waals surface area contributed by atoms with E-state index < -0.39 is 0 Å². The van der Waals surface area contributed by atoms with Crippen molar-refractivity contribution in [2.45, 2.75) is 52.6 Å². The minimum Gasteiger partial charge on any atom is -0.494 e. The maximum Gasteiger partial charge on any atom is 0.121 e. The highest BCUT2D eigenvalue weighted by atomic mass is 16.5. The molecule has 0 radical (unpaired) electrons. The maximum absolute atomic E-state index is 5.84. The molecular formula is C23H34N2O2. The van der Waals surface area contributed by atoms with Gasteiger partial charge in [-0.2, -0.15) is 0 Å². The highest BCUT2D eigenvalue weighted by Gasteiger charge is 1.99. The SMILES string of the molecule is CCCCCCOc1cccc(NCCNc2ccc(OC(C)C)cc2)c1. The predicted octanol–water partition coefficient (Wildman–Crippen LogP) is 5.96. The number of anilines is 2. The molecule has 0 saturated carbocycles. The molecule has 0 fully saturated rings. The minimum atomic E-state index is 0.198. The summed E-state index contributed by atoms with van der Waals surface area (Å²) in [5, 5.41) is 6.85. The van der Waals surface area contributed by atoms with Crippen LogP contribution in [0, 0.1) is 0 Å². The Morgan fingerprint density at radius 2 is 1.56 bits per heavy atom. The van der Waals surface area contributed by atoms with Crippen LogP contribution in [-0.2, 0) is 0 Å². The molecule has 2 N–H and O–H groups in total. The molecule has 0 aliphatic rings. The lowest BCUT2D eigenvalue weighted by molar-refractivity contribution is 0.242. The van der Waals surface area contributed by atoms with Crippen LogP contribution in [0.5, 0.6) is 11.5 Å². The largest absolute Gasteiger partial charge is 0.494 e. The molecule has 0 saturated heterocycles. The van der Waals surface area contributed by atoms with Gasteiger partial charge in [-0.15, -0.1) is 0 Å². The lowest BCUT2D eigenvalue weighted by Gasteiger charge is -2.12. The highest BCUT2D eigenvalue weighted by molar-refractivity contribution is 5.49. The van der Waals surface area contributed by atoms with E-state index in [1.807, 2.05) is 50.2 Å². The van der Waals surface area contributed by atoms with Gasteiger partial charge in [-0.3, -0.25) is 0 Å². The number of ether oxygens (including phenoxy) is 2. The molecule has 27 heavy (non-hydrogen) atoms. The molecule has 2 rings (SSSR count). The van der Waals surface area contributed by atoms with E-state index in [4.69, 9.17) is 9.47 Å². The van der Waals surface area contributed by atoms with E-state index in [9.17, 15) is 0 Å². The van der Waals surface area contributed by atoms with E-state index in [1.54, 1.807) is 0 Å². The van der Waals surface area contributed by atoms with E-state index >= 15 is 0 Å². The van der Waals surface area contributed by atoms with E-state index in [1.165, 1.54) is 19.3 Å². The fraction of sp³-hybridized carbons (Fsp3) is 0.478. The van der Waals surface area contributed by atoms with Crippen LogP contribution < -0.4 is 20.1 Å². The van der Waals surface area contributed by atoms with Crippen molar-refractivity contribution in [3.05, 3.63) is 48.5 Å². The average Bonchev–Trinajstić information content (AvgIpc) is 2.66. The van der Waals surface area contributed by atoms with Crippen molar-refractivity contribution in [3.8, 4) is 11.5 Å². The maximum atomic E-state index is 5.84. The third-order valence-electron chi connectivity index (χ3n) is 4.11. The summed E-state index contributed by atoms with van der Waals surface area (Å²) in [6.45, 7) is 8.76. The zero-order valence-electron chi connectivity index (χ0n) is 17.0. The van der Waals surface area contributed by atoms with Crippen molar-refractivity contribution in [2.75, 3.05) is 30.3 Å². The molecule has 0 unspecified atom stereocenters. The van der Waals surface area contributed by atoms with Gasteiger partial charge in [-0.05, 0) is 56.7 Å². The molecule has 2 aromatic rings. The molecule has 0 amide bonds. The van der Waals surface area contributed by atoms with Gasteiger partial charge in [0, 0.05) is 30.5 Å². The molecule has 0 bridgehead atoms. The second-order valence-corrected chi connectivity index (χ2v) is 6.98. The number of nitrogens with one attached hydrogen (secondary N) is 2. The van der Waals surface area contributed by atoms with E-state index in [2.05, 4.69) is 29.7 Å². The summed E-state index contributed by atoms with van der Waals surface area (Å²) in [6.07, 6.45) is 5.10. The Hall–Kier alpha value is -2.36. The van der Waals surface area contributed by atoms with E-state index in [0.717, 1.165) is 49.0 Å². The molecule has 4 nitrogen and oxygen atoms in total. The van der Waals surface area contributed by atoms with Crippen LogP contribution in [0.3, 0.4) is 0 Å². The topological polar surface area (TPSA) is 42.5 Å². The normalized spacial score (nSPS) is 10.7. The molecule has 0 aliphatic heterocycles. The Labute approximate surface area is 164 Å². The number of unbranched alkanes of at least 4 members (excludes halogenated alkanes) is 3. The van der Waals surface area contributed by atoms with Gasteiger partial charge in [0.2, 0.25) is 0 Å². The number of benzene rings is 2. The van der Waals surface area contributed by atoms with Crippen LogP contribution in [-0.4, -0.2) is 25.8 Å².